The summed E-state index contributed by atoms with van der Waals surface area (Å²) < 4.78 is 31.4. The lowest BCUT2D eigenvalue weighted by molar-refractivity contribution is 0.483. The second-order valence-corrected chi connectivity index (χ2v) is 5.74. The topological polar surface area (TPSA) is 54.4 Å². The van der Waals surface area contributed by atoms with Crippen LogP contribution in [0.1, 0.15) is 25.0 Å². The number of benzene rings is 2. The summed E-state index contributed by atoms with van der Waals surface area (Å²) in [5.41, 5.74) is 2.34. The molecule has 96 valence electrons. The number of aryl methyl sites for hydroxylation is 2. The van der Waals surface area contributed by atoms with Gasteiger partial charge >= 0.3 is 0 Å². The zero-order valence-electron chi connectivity index (χ0n) is 10.5. The highest BCUT2D eigenvalue weighted by atomic mass is 32.2. The molecule has 1 N–H and O–H groups in total. The van der Waals surface area contributed by atoms with Crippen molar-refractivity contribution in [1.29, 1.82) is 0 Å². The van der Waals surface area contributed by atoms with Gasteiger partial charge in [-0.05, 0) is 46.9 Å². The van der Waals surface area contributed by atoms with Crippen molar-refractivity contribution in [2.45, 2.75) is 31.6 Å². The van der Waals surface area contributed by atoms with Crippen LogP contribution in [0.3, 0.4) is 0 Å². The molecule has 0 amide bonds. The van der Waals surface area contributed by atoms with Crippen LogP contribution < -0.4 is 0 Å². The van der Waals surface area contributed by atoms with Crippen LogP contribution >= 0.6 is 0 Å². The molecule has 0 saturated carbocycles. The molecule has 3 nitrogen and oxygen atoms in total. The Morgan fingerprint density at radius 1 is 1.06 bits per heavy atom. The molecule has 2 rings (SSSR count). The third kappa shape index (κ3) is 2.40. The third-order valence-corrected chi connectivity index (χ3v) is 4.01. The second kappa shape index (κ2) is 4.71. The molecule has 2 aromatic rings. The summed E-state index contributed by atoms with van der Waals surface area (Å²) in [6, 6.07) is 8.88. The van der Waals surface area contributed by atoms with Gasteiger partial charge in [0.25, 0.3) is 10.1 Å². The predicted molar refractivity (Wildman–Crippen MR) is 72.5 cm³/mol. The first-order valence-electron chi connectivity index (χ1n) is 5.98. The molecule has 4 heteroatoms. The van der Waals surface area contributed by atoms with Gasteiger partial charge in [0.2, 0.25) is 0 Å². The van der Waals surface area contributed by atoms with Crippen molar-refractivity contribution >= 4 is 20.9 Å². The van der Waals surface area contributed by atoms with Crippen LogP contribution in [0.15, 0.2) is 35.2 Å². The van der Waals surface area contributed by atoms with E-state index in [-0.39, 0.29) is 4.90 Å². The minimum Gasteiger partial charge on any atom is -0.282 e. The molecule has 0 aromatic heterocycles. The number of hydrogen-bond donors (Lipinski definition) is 1. The Morgan fingerprint density at radius 3 is 2.33 bits per heavy atom. The van der Waals surface area contributed by atoms with Gasteiger partial charge in [0.15, 0.2) is 0 Å². The van der Waals surface area contributed by atoms with Crippen molar-refractivity contribution in [3.63, 3.8) is 0 Å². The molecule has 0 spiro atoms. The lowest BCUT2D eigenvalue weighted by Gasteiger charge is -2.09. The maximum atomic E-state index is 11.2. The quantitative estimate of drug-likeness (QED) is 0.866. The molecule has 0 aliphatic carbocycles. The number of rotatable bonds is 3. The molecular formula is C14H16O3S. The van der Waals surface area contributed by atoms with Crippen molar-refractivity contribution in [2.75, 3.05) is 0 Å². The Balaban J connectivity index is 2.77. The average molecular weight is 264 g/mol. The Bertz CT molecular complexity index is 687. The molecule has 0 heterocycles. The fourth-order valence-electron chi connectivity index (χ4n) is 2.14. The normalized spacial score (nSPS) is 11.9. The first kappa shape index (κ1) is 13.1. The van der Waals surface area contributed by atoms with Crippen molar-refractivity contribution in [3.05, 3.63) is 41.5 Å². The van der Waals surface area contributed by atoms with Crippen LogP contribution in [0.5, 0.6) is 0 Å². The summed E-state index contributed by atoms with van der Waals surface area (Å²) in [5.74, 6) is 0. The van der Waals surface area contributed by atoms with E-state index in [1.54, 1.807) is 12.1 Å². The van der Waals surface area contributed by atoms with Gasteiger partial charge in [-0.15, -0.1) is 0 Å². The minimum atomic E-state index is -4.13. The van der Waals surface area contributed by atoms with Gasteiger partial charge in [-0.25, -0.2) is 0 Å². The lowest BCUT2D eigenvalue weighted by Crippen LogP contribution is -1.98. The highest BCUT2D eigenvalue weighted by Gasteiger charge is 2.11. The average Bonchev–Trinajstić information content (AvgIpc) is 2.35. The summed E-state index contributed by atoms with van der Waals surface area (Å²) in [6.07, 6.45) is 1.78. The Kier molecular flexibility index (Phi) is 3.41. The Hall–Kier alpha value is -1.39. The molecule has 18 heavy (non-hydrogen) atoms. The van der Waals surface area contributed by atoms with Crippen LogP contribution in [0, 0.1) is 0 Å². The van der Waals surface area contributed by atoms with Gasteiger partial charge in [-0.2, -0.15) is 8.42 Å². The van der Waals surface area contributed by atoms with Crippen LogP contribution in [-0.4, -0.2) is 13.0 Å². The summed E-state index contributed by atoms with van der Waals surface area (Å²) in [5, 5.41) is 1.91. The first-order chi connectivity index (χ1) is 8.45. The van der Waals surface area contributed by atoms with Gasteiger partial charge < -0.3 is 0 Å². The highest BCUT2D eigenvalue weighted by molar-refractivity contribution is 7.85. The molecule has 0 radical (unpaired) electrons. The van der Waals surface area contributed by atoms with Crippen LogP contribution in [0.2, 0.25) is 0 Å². The fraction of sp³-hybridized carbons (Fsp3) is 0.286. The molecule has 0 bridgehead atoms. The van der Waals surface area contributed by atoms with Gasteiger partial charge in [0.05, 0.1) is 4.90 Å². The zero-order valence-corrected chi connectivity index (χ0v) is 11.3. The molecule has 2 aromatic carbocycles. The predicted octanol–water partition coefficient (Wildman–Crippen LogP) is 3.21. The molecule has 0 atom stereocenters. The first-order valence-corrected chi connectivity index (χ1v) is 7.42. The summed E-state index contributed by atoms with van der Waals surface area (Å²) in [7, 11) is -4.13. The zero-order chi connectivity index (χ0) is 13.3. The SMILES string of the molecule is CCc1cc(CC)c2cc(S(=O)(=O)O)ccc2c1. The summed E-state index contributed by atoms with van der Waals surface area (Å²) in [6.45, 7) is 4.13. The van der Waals surface area contributed by atoms with E-state index in [1.807, 2.05) is 6.92 Å². The Morgan fingerprint density at radius 2 is 1.78 bits per heavy atom. The van der Waals surface area contributed by atoms with Gasteiger partial charge in [-0.1, -0.05) is 32.0 Å². The van der Waals surface area contributed by atoms with E-state index in [1.165, 1.54) is 11.6 Å². The van der Waals surface area contributed by atoms with Crippen molar-refractivity contribution in [2.24, 2.45) is 0 Å². The smallest absolute Gasteiger partial charge is 0.282 e. The molecule has 0 aliphatic heterocycles. The molecule has 0 saturated heterocycles. The van der Waals surface area contributed by atoms with E-state index in [2.05, 4.69) is 19.1 Å². The standard InChI is InChI=1S/C14H16O3S/c1-3-10-7-11(4-2)14-9-13(18(15,16)17)6-5-12(14)8-10/h5-9H,3-4H2,1-2H3,(H,15,16,17). The minimum absolute atomic E-state index is 0.0473. The van der Waals surface area contributed by atoms with E-state index >= 15 is 0 Å². The maximum absolute atomic E-state index is 11.2. The van der Waals surface area contributed by atoms with E-state index in [0.717, 1.165) is 29.2 Å². The van der Waals surface area contributed by atoms with Crippen molar-refractivity contribution < 1.29 is 13.0 Å². The van der Waals surface area contributed by atoms with E-state index < -0.39 is 10.1 Å². The summed E-state index contributed by atoms with van der Waals surface area (Å²) in [4.78, 5) is -0.0473. The lowest BCUT2D eigenvalue weighted by atomic mass is 9.98. The van der Waals surface area contributed by atoms with E-state index in [0.29, 0.717) is 0 Å². The number of fused-ring (bicyclic) bond motifs is 1. The van der Waals surface area contributed by atoms with Crippen LogP contribution in [0.4, 0.5) is 0 Å². The van der Waals surface area contributed by atoms with Crippen LogP contribution in [0.25, 0.3) is 10.8 Å². The highest BCUT2D eigenvalue weighted by Crippen LogP contribution is 2.25. The monoisotopic (exact) mass is 264 g/mol. The second-order valence-electron chi connectivity index (χ2n) is 4.32. The van der Waals surface area contributed by atoms with E-state index in [9.17, 15) is 8.42 Å². The van der Waals surface area contributed by atoms with Gasteiger partial charge in [0.1, 0.15) is 0 Å². The fourth-order valence-corrected chi connectivity index (χ4v) is 2.65. The van der Waals surface area contributed by atoms with Crippen molar-refractivity contribution in [1.82, 2.24) is 0 Å². The molecule has 0 aliphatic rings. The van der Waals surface area contributed by atoms with Crippen molar-refractivity contribution in [3.8, 4) is 0 Å². The van der Waals surface area contributed by atoms with Gasteiger partial charge in [-0.3, -0.25) is 4.55 Å². The van der Waals surface area contributed by atoms with Crippen LogP contribution in [-0.2, 0) is 23.0 Å². The summed E-state index contributed by atoms with van der Waals surface area (Å²) >= 11 is 0. The number of hydrogen-bond acceptors (Lipinski definition) is 2. The Labute approximate surface area is 107 Å². The third-order valence-electron chi connectivity index (χ3n) is 3.16. The van der Waals surface area contributed by atoms with E-state index in [4.69, 9.17) is 4.55 Å². The van der Waals surface area contributed by atoms with Gasteiger partial charge in [0, 0.05) is 0 Å². The molecule has 0 unspecified atom stereocenters. The maximum Gasteiger partial charge on any atom is 0.294 e. The largest absolute Gasteiger partial charge is 0.294 e. The molecule has 0 fully saturated rings. The molecular weight excluding hydrogens is 248 g/mol.